The maximum absolute atomic E-state index is 14.3. The number of nitrogens with one attached hydrogen (secondary N) is 1. The van der Waals surface area contributed by atoms with E-state index in [1.807, 2.05) is 29.0 Å². The Morgan fingerprint density at radius 1 is 1.32 bits per heavy atom. The molecule has 0 aliphatic carbocycles. The van der Waals surface area contributed by atoms with Crippen LogP contribution in [0, 0.1) is 5.82 Å². The summed E-state index contributed by atoms with van der Waals surface area (Å²) >= 11 is 14.8. The minimum Gasteiger partial charge on any atom is -0.342 e. The van der Waals surface area contributed by atoms with E-state index in [0.717, 1.165) is 20.9 Å². The van der Waals surface area contributed by atoms with Crippen molar-refractivity contribution in [3.63, 3.8) is 0 Å². The van der Waals surface area contributed by atoms with E-state index in [1.54, 1.807) is 25.3 Å². The third kappa shape index (κ3) is 3.34. The van der Waals surface area contributed by atoms with Gasteiger partial charge in [0, 0.05) is 44.8 Å². The molecule has 1 aromatic heterocycles. The molecule has 8 heteroatoms. The van der Waals surface area contributed by atoms with Gasteiger partial charge in [-0.15, -0.1) is 0 Å². The van der Waals surface area contributed by atoms with Crippen LogP contribution in [0.25, 0.3) is 17.0 Å². The highest BCUT2D eigenvalue weighted by Gasteiger charge is 2.27. The van der Waals surface area contributed by atoms with Crippen LogP contribution in [0.15, 0.2) is 52.8 Å². The molecular formula is C20H14BrClFN3OS. The fraction of sp³-hybridized carbons (Fsp3) is 0.100. The molecule has 2 aromatic carbocycles. The van der Waals surface area contributed by atoms with Crippen LogP contribution in [-0.2, 0) is 11.3 Å². The molecule has 1 amide bonds. The number of likely N-dealkylation sites (N-methyl/N-ethyl adjacent to an activating group) is 1. The molecule has 4 nitrogen and oxygen atoms in total. The Bertz CT molecular complexity index is 1150. The fourth-order valence-corrected chi connectivity index (χ4v) is 3.95. The Morgan fingerprint density at radius 2 is 2.11 bits per heavy atom. The predicted octanol–water partition coefficient (Wildman–Crippen LogP) is 4.93. The molecular weight excluding hydrogens is 465 g/mol. The van der Waals surface area contributed by atoms with Crippen molar-refractivity contribution >= 4 is 67.7 Å². The lowest BCUT2D eigenvalue weighted by molar-refractivity contribution is -0.121. The Labute approximate surface area is 179 Å². The molecule has 0 spiro atoms. The maximum Gasteiger partial charge on any atom is 0.276 e. The summed E-state index contributed by atoms with van der Waals surface area (Å²) in [6.07, 6.45) is 3.63. The summed E-state index contributed by atoms with van der Waals surface area (Å²) in [5.41, 5.74) is 2.53. The average molecular weight is 479 g/mol. The minimum atomic E-state index is -0.356. The quantitative estimate of drug-likeness (QED) is 0.428. The van der Waals surface area contributed by atoms with Crippen molar-refractivity contribution in [3.05, 3.63) is 74.7 Å². The first-order chi connectivity index (χ1) is 13.3. The third-order valence-electron chi connectivity index (χ3n) is 4.65. The van der Waals surface area contributed by atoms with Crippen LogP contribution in [0.3, 0.4) is 0 Å². The zero-order chi connectivity index (χ0) is 20.0. The summed E-state index contributed by atoms with van der Waals surface area (Å²) in [7, 11) is 1.62. The molecule has 4 rings (SSSR count). The van der Waals surface area contributed by atoms with Crippen LogP contribution in [0.5, 0.6) is 0 Å². The van der Waals surface area contributed by atoms with Crippen LogP contribution < -0.4 is 5.32 Å². The number of nitrogens with zero attached hydrogens (tertiary/aromatic N) is 2. The summed E-state index contributed by atoms with van der Waals surface area (Å²) in [6, 6.07) is 10.5. The molecule has 1 fully saturated rings. The maximum atomic E-state index is 14.3. The van der Waals surface area contributed by atoms with E-state index in [0.29, 0.717) is 21.4 Å². The number of fused-ring (bicyclic) bond motifs is 1. The van der Waals surface area contributed by atoms with E-state index in [4.69, 9.17) is 23.8 Å². The molecule has 0 atom stereocenters. The average Bonchev–Trinajstić information content (AvgIpc) is 3.10. The van der Waals surface area contributed by atoms with Crippen molar-refractivity contribution in [2.24, 2.45) is 0 Å². The summed E-state index contributed by atoms with van der Waals surface area (Å²) in [5.74, 6) is -0.552. The van der Waals surface area contributed by atoms with Gasteiger partial charge in [-0.05, 0) is 48.6 Å². The van der Waals surface area contributed by atoms with E-state index in [1.165, 1.54) is 11.0 Å². The van der Waals surface area contributed by atoms with E-state index < -0.39 is 0 Å². The summed E-state index contributed by atoms with van der Waals surface area (Å²) in [6.45, 7) is 0.270. The predicted molar refractivity (Wildman–Crippen MR) is 117 cm³/mol. The van der Waals surface area contributed by atoms with Gasteiger partial charge in [-0.25, -0.2) is 4.39 Å². The molecule has 3 aromatic rings. The molecule has 1 N–H and O–H groups in total. The van der Waals surface area contributed by atoms with E-state index >= 15 is 0 Å². The first-order valence-corrected chi connectivity index (χ1v) is 9.95. The largest absolute Gasteiger partial charge is 0.342 e. The first kappa shape index (κ1) is 19.1. The van der Waals surface area contributed by atoms with E-state index in [-0.39, 0.29) is 18.3 Å². The SMILES string of the molecule is CN1C(=O)/C(=C/c2cn(Cc3c(F)cccc3Cl)c3ccc(Br)cc23)NC1=S. The van der Waals surface area contributed by atoms with Gasteiger partial charge in [-0.3, -0.25) is 9.69 Å². The molecule has 0 saturated carbocycles. The second kappa shape index (κ2) is 7.31. The summed E-state index contributed by atoms with van der Waals surface area (Å²) < 4.78 is 17.1. The molecule has 0 radical (unpaired) electrons. The fourth-order valence-electron chi connectivity index (χ4n) is 3.18. The number of carbonyl (C=O) groups excluding carboxylic acids is 1. The van der Waals surface area contributed by atoms with Crippen molar-refractivity contribution in [3.8, 4) is 0 Å². The molecule has 0 unspecified atom stereocenters. The van der Waals surface area contributed by atoms with Crippen LogP contribution >= 0.6 is 39.7 Å². The topological polar surface area (TPSA) is 37.3 Å². The van der Waals surface area contributed by atoms with E-state index in [2.05, 4.69) is 21.2 Å². The highest BCUT2D eigenvalue weighted by molar-refractivity contribution is 9.10. The molecule has 142 valence electrons. The van der Waals surface area contributed by atoms with Crippen molar-refractivity contribution in [1.29, 1.82) is 0 Å². The lowest BCUT2D eigenvalue weighted by Gasteiger charge is -2.08. The second-order valence-corrected chi connectivity index (χ2v) is 8.14. The molecule has 28 heavy (non-hydrogen) atoms. The normalized spacial score (nSPS) is 15.7. The number of thiocarbonyl (C=S) groups is 1. The van der Waals surface area contributed by atoms with Crippen molar-refractivity contribution in [2.75, 3.05) is 7.05 Å². The number of rotatable bonds is 3. The van der Waals surface area contributed by atoms with Gasteiger partial charge in [0.2, 0.25) is 0 Å². The molecule has 1 saturated heterocycles. The second-order valence-electron chi connectivity index (χ2n) is 6.43. The van der Waals surface area contributed by atoms with Gasteiger partial charge in [0.15, 0.2) is 5.11 Å². The Morgan fingerprint density at radius 3 is 2.79 bits per heavy atom. The molecule has 2 heterocycles. The first-order valence-electron chi connectivity index (χ1n) is 8.37. The summed E-state index contributed by atoms with van der Waals surface area (Å²) in [5, 5.41) is 4.58. The highest BCUT2D eigenvalue weighted by Crippen LogP contribution is 2.29. The number of amides is 1. The number of benzene rings is 2. The Balaban J connectivity index is 1.84. The lowest BCUT2D eigenvalue weighted by Crippen LogP contribution is -2.25. The number of hydrogen-bond donors (Lipinski definition) is 1. The highest BCUT2D eigenvalue weighted by atomic mass is 79.9. The zero-order valence-electron chi connectivity index (χ0n) is 14.7. The van der Waals surface area contributed by atoms with E-state index in [9.17, 15) is 9.18 Å². The van der Waals surface area contributed by atoms with Gasteiger partial charge >= 0.3 is 0 Å². The van der Waals surface area contributed by atoms with Crippen LogP contribution in [0.1, 0.15) is 11.1 Å². The smallest absolute Gasteiger partial charge is 0.276 e. The lowest BCUT2D eigenvalue weighted by atomic mass is 10.1. The number of hydrogen-bond acceptors (Lipinski definition) is 2. The monoisotopic (exact) mass is 477 g/mol. The van der Waals surface area contributed by atoms with Gasteiger partial charge in [0.25, 0.3) is 5.91 Å². The zero-order valence-corrected chi connectivity index (χ0v) is 17.8. The third-order valence-corrected chi connectivity index (χ3v) is 5.87. The van der Waals surface area contributed by atoms with Crippen molar-refractivity contribution in [1.82, 2.24) is 14.8 Å². The number of halogens is 3. The van der Waals surface area contributed by atoms with Gasteiger partial charge in [0.1, 0.15) is 11.5 Å². The molecule has 0 bridgehead atoms. The Kier molecular flexibility index (Phi) is 4.99. The van der Waals surface area contributed by atoms with Gasteiger partial charge in [0.05, 0.1) is 6.54 Å². The number of carbonyl (C=O) groups is 1. The van der Waals surface area contributed by atoms with Crippen LogP contribution in [0.2, 0.25) is 5.02 Å². The van der Waals surface area contributed by atoms with Crippen molar-refractivity contribution in [2.45, 2.75) is 6.54 Å². The molecule has 1 aliphatic heterocycles. The standard InChI is InChI=1S/C20H14BrClFN3OS/c1-25-19(27)17(24-20(25)28)7-11-9-26(18-6-5-12(21)8-13(11)18)10-14-15(22)3-2-4-16(14)23/h2-9H,10H2,1H3,(H,24,28)/b17-7-. The summed E-state index contributed by atoms with van der Waals surface area (Å²) in [4.78, 5) is 13.7. The van der Waals surface area contributed by atoms with Gasteiger partial charge < -0.3 is 9.88 Å². The molecule has 1 aliphatic rings. The minimum absolute atomic E-state index is 0.196. The number of aromatic nitrogens is 1. The van der Waals surface area contributed by atoms with Crippen molar-refractivity contribution < 1.29 is 9.18 Å². The van der Waals surface area contributed by atoms with Crippen LogP contribution in [0.4, 0.5) is 4.39 Å². The van der Waals surface area contributed by atoms with Gasteiger partial charge in [-0.1, -0.05) is 33.6 Å². The van der Waals surface area contributed by atoms with Gasteiger partial charge in [-0.2, -0.15) is 0 Å². The Hall–Kier alpha value is -2.22. The van der Waals surface area contributed by atoms with Crippen LogP contribution in [-0.4, -0.2) is 27.5 Å².